The minimum Gasteiger partial charge on any atom is -0.347 e. The summed E-state index contributed by atoms with van der Waals surface area (Å²) in [7, 11) is 3.37. The Hall–Kier alpha value is -4.31. The van der Waals surface area contributed by atoms with Crippen molar-refractivity contribution in [1.82, 2.24) is 39.6 Å². The number of aryl methyl sites for hydroxylation is 1. The number of tetrazole rings is 1. The van der Waals surface area contributed by atoms with Gasteiger partial charge in [-0.1, -0.05) is 61.9 Å². The Balaban J connectivity index is 0.00000353. The summed E-state index contributed by atoms with van der Waals surface area (Å²) in [5.74, 6) is 1.28. The molecule has 0 unspecified atom stereocenters. The van der Waals surface area contributed by atoms with E-state index in [0.29, 0.717) is 23.4 Å². The Kier molecular flexibility index (Phi) is 8.55. The number of carbonyl (C=O) groups excluding carboxylic acids is 1. The van der Waals surface area contributed by atoms with Crippen LogP contribution in [0.2, 0.25) is 0 Å². The molecule has 10 nitrogen and oxygen atoms in total. The molecule has 0 aliphatic heterocycles. The maximum absolute atomic E-state index is 13.5. The number of carbonyl (C=O) groups is 1. The molecule has 0 saturated carbocycles. The number of nitrogens with one attached hydrogen (secondary N) is 1. The van der Waals surface area contributed by atoms with E-state index in [-0.39, 0.29) is 30.4 Å². The minimum atomic E-state index is -0.210. The van der Waals surface area contributed by atoms with Gasteiger partial charge in [-0.05, 0) is 34.4 Å². The van der Waals surface area contributed by atoms with Gasteiger partial charge in [0.15, 0.2) is 0 Å². The van der Waals surface area contributed by atoms with Crippen molar-refractivity contribution in [3.8, 4) is 22.5 Å². The molecule has 3 aromatic heterocycles. The molecule has 0 aliphatic rings. The van der Waals surface area contributed by atoms with Crippen LogP contribution in [-0.2, 0) is 24.3 Å². The molecule has 0 aliphatic carbocycles. The Labute approximate surface area is 232 Å². The number of unbranched alkanes of at least 4 members (excludes halogenated alkanes) is 1. The van der Waals surface area contributed by atoms with Crippen LogP contribution in [-0.4, -0.2) is 59.6 Å². The lowest BCUT2D eigenvalue weighted by Crippen LogP contribution is -2.31. The fourth-order valence-electron chi connectivity index (χ4n) is 4.51. The smallest absolute Gasteiger partial charge is 0.277 e. The van der Waals surface area contributed by atoms with E-state index in [1.807, 2.05) is 34.9 Å². The monoisotopic (exact) mass is 546 g/mol. The van der Waals surface area contributed by atoms with Gasteiger partial charge in [0.2, 0.25) is 11.7 Å². The predicted molar refractivity (Wildman–Crippen MR) is 153 cm³/mol. The number of fused-ring (bicyclic) bond motifs is 1. The summed E-state index contributed by atoms with van der Waals surface area (Å²) in [5, 5.41) is 14.5. The lowest BCUT2D eigenvalue weighted by molar-refractivity contribution is -0.129. The number of hydrogen-bond donors (Lipinski definition) is 1. The Morgan fingerprint density at radius 1 is 1.03 bits per heavy atom. The molecule has 0 spiro atoms. The highest BCUT2D eigenvalue weighted by atomic mass is 35.5. The normalized spacial score (nSPS) is 10.9. The first-order chi connectivity index (χ1) is 18.5. The van der Waals surface area contributed by atoms with Crippen molar-refractivity contribution in [2.45, 2.75) is 39.3 Å². The highest BCUT2D eigenvalue weighted by Gasteiger charge is 2.17. The van der Waals surface area contributed by atoms with E-state index >= 15 is 0 Å². The van der Waals surface area contributed by atoms with Crippen LogP contribution in [0, 0.1) is 0 Å². The van der Waals surface area contributed by atoms with Crippen LogP contribution in [0.4, 0.5) is 0 Å². The number of likely N-dealkylation sites (N-methyl/N-ethyl adjacent to an activating group) is 1. The fourth-order valence-corrected chi connectivity index (χ4v) is 4.51. The predicted octanol–water partition coefficient (Wildman–Crippen LogP) is 3.95. The van der Waals surface area contributed by atoms with E-state index in [1.165, 1.54) is 9.47 Å². The van der Waals surface area contributed by atoms with Crippen molar-refractivity contribution in [1.29, 1.82) is 0 Å². The summed E-state index contributed by atoms with van der Waals surface area (Å²) >= 11 is 0. The zero-order valence-electron chi connectivity index (χ0n) is 22.2. The van der Waals surface area contributed by atoms with Gasteiger partial charge in [0, 0.05) is 38.8 Å². The first-order valence-electron chi connectivity index (χ1n) is 12.7. The Bertz CT molecular complexity index is 1620. The lowest BCUT2D eigenvalue weighted by atomic mass is 9.98. The quantitative estimate of drug-likeness (QED) is 0.299. The highest BCUT2D eigenvalue weighted by Crippen LogP contribution is 2.30. The van der Waals surface area contributed by atoms with E-state index in [9.17, 15) is 9.59 Å². The highest BCUT2D eigenvalue weighted by molar-refractivity contribution is 5.85. The first kappa shape index (κ1) is 27.7. The van der Waals surface area contributed by atoms with E-state index in [0.717, 1.165) is 47.3 Å². The molecule has 5 aromatic rings. The second-order valence-electron chi connectivity index (χ2n) is 9.47. The number of aromatic nitrogens is 7. The standard InChI is InChI=1S/C28H30N8O2.ClH/c1-4-5-10-24-29-23-15-16-35(18-25(37)34(2)3)28(38)26(23)36(24)17-19-11-13-20(14-12-19)21-8-6-7-9-22(21)27-30-32-33-31-27;/h6-9,11-16H,4-5,10,17-18H2,1-3H3,(H,30,31,32,33);1H. The summed E-state index contributed by atoms with van der Waals surface area (Å²) in [6.07, 6.45) is 4.43. The SMILES string of the molecule is CCCCc1nc2ccn(CC(=O)N(C)C)c(=O)c2n1Cc1ccc(-c2ccccc2-c2nn[nH]n2)cc1.Cl. The first-order valence-corrected chi connectivity index (χ1v) is 12.7. The van der Waals surface area contributed by atoms with Crippen molar-refractivity contribution in [2.24, 2.45) is 0 Å². The molecule has 0 saturated heterocycles. The van der Waals surface area contributed by atoms with E-state index in [4.69, 9.17) is 4.98 Å². The van der Waals surface area contributed by atoms with Gasteiger partial charge in [-0.3, -0.25) is 9.59 Å². The summed E-state index contributed by atoms with van der Waals surface area (Å²) in [6, 6.07) is 18.0. The molecular formula is C28H31ClN8O2. The number of aromatic amines is 1. The Morgan fingerprint density at radius 3 is 2.44 bits per heavy atom. The van der Waals surface area contributed by atoms with Gasteiger partial charge < -0.3 is 14.0 Å². The van der Waals surface area contributed by atoms with Gasteiger partial charge in [0.05, 0.1) is 5.52 Å². The topological polar surface area (TPSA) is 115 Å². The average molecular weight is 547 g/mol. The molecule has 0 atom stereocenters. The van der Waals surface area contributed by atoms with Gasteiger partial charge in [-0.15, -0.1) is 22.6 Å². The molecule has 0 bridgehead atoms. The number of benzene rings is 2. The number of rotatable bonds is 9. The average Bonchev–Trinajstić information content (AvgIpc) is 3.58. The van der Waals surface area contributed by atoms with Crippen molar-refractivity contribution in [3.63, 3.8) is 0 Å². The van der Waals surface area contributed by atoms with Crippen molar-refractivity contribution < 1.29 is 4.79 Å². The van der Waals surface area contributed by atoms with E-state index < -0.39 is 0 Å². The van der Waals surface area contributed by atoms with Gasteiger partial charge >= 0.3 is 0 Å². The van der Waals surface area contributed by atoms with Crippen LogP contribution in [0.1, 0.15) is 31.2 Å². The van der Waals surface area contributed by atoms with Crippen LogP contribution < -0.4 is 5.56 Å². The number of nitrogens with zero attached hydrogens (tertiary/aromatic N) is 7. The van der Waals surface area contributed by atoms with Crippen LogP contribution in [0.15, 0.2) is 65.6 Å². The molecule has 39 heavy (non-hydrogen) atoms. The van der Waals surface area contributed by atoms with E-state index in [2.05, 4.69) is 51.8 Å². The summed E-state index contributed by atoms with van der Waals surface area (Å²) in [6.45, 7) is 2.63. The number of amides is 1. The van der Waals surface area contributed by atoms with Gasteiger partial charge in [0.1, 0.15) is 17.9 Å². The van der Waals surface area contributed by atoms with Crippen LogP contribution in [0.25, 0.3) is 33.5 Å². The molecule has 1 N–H and O–H groups in total. The second-order valence-corrected chi connectivity index (χ2v) is 9.47. The van der Waals surface area contributed by atoms with Gasteiger partial charge in [0.25, 0.3) is 5.56 Å². The maximum atomic E-state index is 13.5. The van der Waals surface area contributed by atoms with Crippen LogP contribution in [0.5, 0.6) is 0 Å². The van der Waals surface area contributed by atoms with Crippen molar-refractivity contribution >= 4 is 29.3 Å². The number of hydrogen-bond acceptors (Lipinski definition) is 6. The lowest BCUT2D eigenvalue weighted by Gasteiger charge is -2.13. The minimum absolute atomic E-state index is 0. The molecule has 11 heteroatoms. The molecule has 2 aromatic carbocycles. The van der Waals surface area contributed by atoms with Crippen molar-refractivity contribution in [2.75, 3.05) is 14.1 Å². The summed E-state index contributed by atoms with van der Waals surface area (Å²) < 4.78 is 3.47. The molecule has 0 radical (unpaired) electrons. The van der Waals surface area contributed by atoms with Crippen LogP contribution >= 0.6 is 12.4 Å². The van der Waals surface area contributed by atoms with Crippen LogP contribution in [0.3, 0.4) is 0 Å². The molecule has 202 valence electrons. The third-order valence-electron chi connectivity index (χ3n) is 6.63. The summed E-state index contributed by atoms with van der Waals surface area (Å²) in [4.78, 5) is 32.1. The maximum Gasteiger partial charge on any atom is 0.277 e. The fraction of sp³-hybridized carbons (Fsp3) is 0.286. The summed E-state index contributed by atoms with van der Waals surface area (Å²) in [5.41, 5.74) is 4.94. The number of pyridine rings is 1. The third kappa shape index (κ3) is 5.75. The molecule has 5 rings (SSSR count). The van der Waals surface area contributed by atoms with Gasteiger partial charge in [-0.2, -0.15) is 5.21 Å². The zero-order valence-corrected chi connectivity index (χ0v) is 23.0. The number of H-pyrrole nitrogens is 1. The van der Waals surface area contributed by atoms with E-state index in [1.54, 1.807) is 20.3 Å². The largest absolute Gasteiger partial charge is 0.347 e. The van der Waals surface area contributed by atoms with Gasteiger partial charge in [-0.25, -0.2) is 4.98 Å². The number of imidazole rings is 1. The number of halogens is 1. The molecule has 3 heterocycles. The molecule has 1 amide bonds. The second kappa shape index (κ2) is 12.0. The Morgan fingerprint density at radius 2 is 1.77 bits per heavy atom. The zero-order chi connectivity index (χ0) is 26.6. The molecule has 0 fully saturated rings. The van der Waals surface area contributed by atoms with Crippen molar-refractivity contribution in [3.05, 3.63) is 82.5 Å². The molecular weight excluding hydrogens is 516 g/mol. The third-order valence-corrected chi connectivity index (χ3v) is 6.63.